The van der Waals surface area contributed by atoms with Gasteiger partial charge < -0.3 is 4.74 Å². The van der Waals surface area contributed by atoms with Gasteiger partial charge in [0.2, 0.25) is 0 Å². The zero-order valence-electron chi connectivity index (χ0n) is 21.9. The summed E-state index contributed by atoms with van der Waals surface area (Å²) < 4.78 is 10.7. The Labute approximate surface area is 224 Å². The van der Waals surface area contributed by atoms with Crippen molar-refractivity contribution >= 4 is 54.6 Å². The van der Waals surface area contributed by atoms with E-state index in [1.54, 1.807) is 0 Å². The number of pyridine rings is 3. The van der Waals surface area contributed by atoms with E-state index in [9.17, 15) is 0 Å². The van der Waals surface area contributed by atoms with Crippen LogP contribution in [0.5, 0.6) is 11.5 Å². The zero-order chi connectivity index (χ0) is 26.3. The highest BCUT2D eigenvalue weighted by molar-refractivity contribution is 6.13. The first-order chi connectivity index (χ1) is 19.0. The molecule has 0 aliphatic rings. The molecule has 5 heterocycles. The minimum atomic E-state index is 0.0612. The van der Waals surface area contributed by atoms with Gasteiger partial charge in [-0.3, -0.25) is 13.8 Å². The van der Waals surface area contributed by atoms with Gasteiger partial charge in [0.05, 0.1) is 17.2 Å². The number of fused-ring (bicyclic) bond motifs is 12. The van der Waals surface area contributed by atoms with E-state index < -0.39 is 0 Å². The van der Waals surface area contributed by atoms with Crippen molar-refractivity contribution in [2.75, 3.05) is 0 Å². The van der Waals surface area contributed by atoms with Crippen LogP contribution in [0.15, 0.2) is 97.8 Å². The molecule has 0 unspecified atom stereocenters. The topological polar surface area (TPSA) is 56.7 Å². The van der Waals surface area contributed by atoms with Crippen molar-refractivity contribution in [1.82, 2.24) is 23.8 Å². The van der Waals surface area contributed by atoms with E-state index in [-0.39, 0.29) is 5.41 Å². The number of aromatic nitrogens is 5. The van der Waals surface area contributed by atoms with Crippen LogP contribution < -0.4 is 4.74 Å². The highest BCUT2D eigenvalue weighted by Crippen LogP contribution is 2.37. The standard InChI is InChI=1S/C33H25N5O/c1-33(2,3)20-4-9-29-26(16-20)24-8-6-22(18-28(24)31-35-12-14-37(29)31)39-21-5-7-23-25-10-11-34-19-30(25)38-15-13-36-32(38)27(23)17-21/h4-19H,1-3H3. The van der Waals surface area contributed by atoms with Crippen LogP contribution in [0.1, 0.15) is 26.3 Å². The number of nitrogens with zero attached hydrogens (tertiary/aromatic N) is 5. The zero-order valence-corrected chi connectivity index (χ0v) is 21.9. The molecule has 0 saturated heterocycles. The third-order valence-electron chi connectivity index (χ3n) is 7.74. The highest BCUT2D eigenvalue weighted by Gasteiger charge is 2.17. The molecule has 0 saturated carbocycles. The Bertz CT molecular complexity index is 2250. The lowest BCUT2D eigenvalue weighted by Gasteiger charge is -2.20. The Morgan fingerprint density at radius 2 is 1.23 bits per heavy atom. The normalized spacial score (nSPS) is 12.5. The summed E-state index contributed by atoms with van der Waals surface area (Å²) in [7, 11) is 0. The van der Waals surface area contributed by atoms with E-state index in [1.807, 2.05) is 55.4 Å². The van der Waals surface area contributed by atoms with Crippen LogP contribution in [0.4, 0.5) is 0 Å². The molecule has 0 fully saturated rings. The van der Waals surface area contributed by atoms with Crippen LogP contribution in [-0.2, 0) is 5.41 Å². The van der Waals surface area contributed by atoms with E-state index in [2.05, 4.69) is 82.0 Å². The van der Waals surface area contributed by atoms with Gasteiger partial charge in [0.15, 0.2) is 0 Å². The molecule has 6 heteroatoms. The molecule has 0 radical (unpaired) electrons. The Hall–Kier alpha value is -4.97. The first-order valence-electron chi connectivity index (χ1n) is 13.1. The van der Waals surface area contributed by atoms with Crippen LogP contribution in [0.2, 0.25) is 0 Å². The number of imidazole rings is 2. The van der Waals surface area contributed by atoms with E-state index in [1.165, 1.54) is 16.3 Å². The smallest absolute Gasteiger partial charge is 0.145 e. The molecule has 188 valence electrons. The molecule has 0 spiro atoms. The number of ether oxygens (including phenoxy) is 1. The van der Waals surface area contributed by atoms with Gasteiger partial charge in [-0.05, 0) is 76.3 Å². The van der Waals surface area contributed by atoms with E-state index in [0.717, 1.165) is 55.4 Å². The number of hydrogen-bond acceptors (Lipinski definition) is 4. The molecule has 0 aliphatic heterocycles. The highest BCUT2D eigenvalue weighted by atomic mass is 16.5. The Balaban J connectivity index is 1.30. The van der Waals surface area contributed by atoms with Crippen LogP contribution in [-0.4, -0.2) is 23.8 Å². The molecule has 0 N–H and O–H groups in total. The van der Waals surface area contributed by atoms with Crippen LogP contribution in [0.3, 0.4) is 0 Å². The first-order valence-corrected chi connectivity index (χ1v) is 13.1. The molecular weight excluding hydrogens is 482 g/mol. The van der Waals surface area contributed by atoms with E-state index in [4.69, 9.17) is 9.72 Å². The summed E-state index contributed by atoms with van der Waals surface area (Å²) in [5.41, 5.74) is 5.36. The molecule has 3 aromatic carbocycles. The van der Waals surface area contributed by atoms with Gasteiger partial charge >= 0.3 is 0 Å². The van der Waals surface area contributed by atoms with Crippen molar-refractivity contribution in [2.45, 2.75) is 26.2 Å². The van der Waals surface area contributed by atoms with Gasteiger partial charge in [-0.15, -0.1) is 0 Å². The molecule has 8 rings (SSSR count). The van der Waals surface area contributed by atoms with E-state index in [0.29, 0.717) is 0 Å². The fraction of sp³-hybridized carbons (Fsp3) is 0.121. The minimum Gasteiger partial charge on any atom is -0.457 e. The second kappa shape index (κ2) is 7.77. The molecule has 5 aromatic heterocycles. The number of rotatable bonds is 2. The van der Waals surface area contributed by atoms with Crippen LogP contribution >= 0.6 is 0 Å². The first kappa shape index (κ1) is 22.1. The predicted octanol–water partition coefficient (Wildman–Crippen LogP) is 8.08. The monoisotopic (exact) mass is 507 g/mol. The van der Waals surface area contributed by atoms with Crippen LogP contribution in [0, 0.1) is 0 Å². The third kappa shape index (κ3) is 3.24. The predicted molar refractivity (Wildman–Crippen MR) is 157 cm³/mol. The summed E-state index contributed by atoms with van der Waals surface area (Å²) in [5.74, 6) is 1.53. The number of hydrogen-bond donors (Lipinski definition) is 0. The molecular formula is C33H25N5O. The van der Waals surface area contributed by atoms with Gasteiger partial charge in [0.1, 0.15) is 22.8 Å². The van der Waals surface area contributed by atoms with Gasteiger partial charge in [-0.2, -0.15) is 0 Å². The van der Waals surface area contributed by atoms with Gasteiger partial charge in [-0.25, -0.2) is 9.97 Å². The van der Waals surface area contributed by atoms with Crippen molar-refractivity contribution in [3.8, 4) is 11.5 Å². The molecule has 8 aromatic rings. The molecule has 6 nitrogen and oxygen atoms in total. The van der Waals surface area contributed by atoms with Crippen LogP contribution in [0.25, 0.3) is 54.6 Å². The average molecular weight is 508 g/mol. The molecule has 0 atom stereocenters. The van der Waals surface area contributed by atoms with Crippen molar-refractivity contribution < 1.29 is 4.74 Å². The second-order valence-corrected chi connectivity index (χ2v) is 11.1. The minimum absolute atomic E-state index is 0.0612. The SMILES string of the molecule is CC(C)(C)c1ccc2c(c1)c1ccc(Oc3ccc4c5ccncc5n5ccnc5c4c3)cc1c1nccn21. The summed E-state index contributed by atoms with van der Waals surface area (Å²) in [5, 5.41) is 6.73. The lowest BCUT2D eigenvalue weighted by Crippen LogP contribution is -2.10. The lowest BCUT2D eigenvalue weighted by molar-refractivity contribution is 0.484. The van der Waals surface area contributed by atoms with Gasteiger partial charge in [0.25, 0.3) is 0 Å². The Kier molecular flexibility index (Phi) is 4.39. The summed E-state index contributed by atoms with van der Waals surface area (Å²) in [6.07, 6.45) is 11.4. The maximum Gasteiger partial charge on any atom is 0.145 e. The molecule has 0 amide bonds. The summed E-state index contributed by atoms with van der Waals surface area (Å²) in [6.45, 7) is 6.75. The van der Waals surface area contributed by atoms with Crippen molar-refractivity contribution in [2.24, 2.45) is 0 Å². The fourth-order valence-electron chi connectivity index (χ4n) is 5.78. The Morgan fingerprint density at radius 1 is 0.590 bits per heavy atom. The maximum atomic E-state index is 6.46. The van der Waals surface area contributed by atoms with E-state index >= 15 is 0 Å². The maximum absolute atomic E-state index is 6.46. The molecule has 39 heavy (non-hydrogen) atoms. The second-order valence-electron chi connectivity index (χ2n) is 11.1. The van der Waals surface area contributed by atoms with Crippen molar-refractivity contribution in [1.29, 1.82) is 0 Å². The quantitative estimate of drug-likeness (QED) is 0.222. The summed E-state index contributed by atoms with van der Waals surface area (Å²) in [6, 6.07) is 21.3. The van der Waals surface area contributed by atoms with Crippen molar-refractivity contribution in [3.05, 3.63) is 103 Å². The summed E-state index contributed by atoms with van der Waals surface area (Å²) >= 11 is 0. The molecule has 0 bridgehead atoms. The van der Waals surface area contributed by atoms with Crippen molar-refractivity contribution in [3.63, 3.8) is 0 Å². The average Bonchev–Trinajstić information content (AvgIpc) is 3.63. The summed E-state index contributed by atoms with van der Waals surface area (Å²) in [4.78, 5) is 13.7. The fourth-order valence-corrected chi connectivity index (χ4v) is 5.78. The largest absolute Gasteiger partial charge is 0.457 e. The third-order valence-corrected chi connectivity index (χ3v) is 7.74. The Morgan fingerprint density at radius 3 is 1.90 bits per heavy atom. The molecule has 0 aliphatic carbocycles. The van der Waals surface area contributed by atoms with Gasteiger partial charge in [-0.1, -0.05) is 26.8 Å². The number of benzene rings is 3. The van der Waals surface area contributed by atoms with Gasteiger partial charge in [0, 0.05) is 52.5 Å². The lowest BCUT2D eigenvalue weighted by atomic mass is 9.86.